The minimum absolute atomic E-state index is 1.02. The molecule has 0 aliphatic carbocycles. The van der Waals surface area contributed by atoms with Gasteiger partial charge in [-0.2, -0.15) is 0 Å². The van der Waals surface area contributed by atoms with Gasteiger partial charge in [0.05, 0.1) is 5.69 Å². The number of benzene rings is 1. The lowest BCUT2D eigenvalue weighted by Crippen LogP contribution is -2.29. The molecule has 1 aromatic rings. The molecule has 0 radical (unpaired) electrons. The standard InChI is InChI=1S/C15H22N2S/c1-3-18-15-11-13(7-8-14(15)16-2)12-17-9-5-4-6-10-17/h7-8,11H,2-6,9-10,12H2,1H3. The highest BCUT2D eigenvalue weighted by molar-refractivity contribution is 7.99. The summed E-state index contributed by atoms with van der Waals surface area (Å²) >= 11 is 1.85. The molecule has 0 unspecified atom stereocenters. The fraction of sp³-hybridized carbons (Fsp3) is 0.533. The zero-order valence-corrected chi connectivity index (χ0v) is 12.0. The van der Waals surface area contributed by atoms with Crippen LogP contribution in [-0.4, -0.2) is 30.5 Å². The van der Waals surface area contributed by atoms with E-state index in [2.05, 4.69) is 41.7 Å². The maximum Gasteiger partial charge on any atom is 0.0758 e. The van der Waals surface area contributed by atoms with Gasteiger partial charge in [0.1, 0.15) is 0 Å². The maximum absolute atomic E-state index is 4.09. The van der Waals surface area contributed by atoms with Crippen molar-refractivity contribution < 1.29 is 0 Å². The van der Waals surface area contributed by atoms with Crippen LogP contribution in [0, 0.1) is 0 Å². The third kappa shape index (κ3) is 3.59. The molecule has 0 saturated carbocycles. The van der Waals surface area contributed by atoms with E-state index in [0.29, 0.717) is 0 Å². The molecule has 0 bridgehead atoms. The topological polar surface area (TPSA) is 15.6 Å². The van der Waals surface area contributed by atoms with Gasteiger partial charge in [0.15, 0.2) is 0 Å². The van der Waals surface area contributed by atoms with Crippen LogP contribution < -0.4 is 0 Å². The van der Waals surface area contributed by atoms with E-state index in [0.717, 1.165) is 18.0 Å². The molecule has 0 atom stereocenters. The molecule has 0 aromatic heterocycles. The number of likely N-dealkylation sites (tertiary alicyclic amines) is 1. The van der Waals surface area contributed by atoms with Crippen molar-refractivity contribution in [2.45, 2.75) is 37.6 Å². The summed E-state index contributed by atoms with van der Waals surface area (Å²) in [5.74, 6) is 1.08. The Balaban J connectivity index is 2.07. The number of aliphatic imine (C=N–C) groups is 1. The van der Waals surface area contributed by atoms with Crippen LogP contribution >= 0.6 is 11.8 Å². The number of hydrogen-bond acceptors (Lipinski definition) is 3. The summed E-state index contributed by atoms with van der Waals surface area (Å²) in [6, 6.07) is 6.58. The van der Waals surface area contributed by atoms with E-state index >= 15 is 0 Å². The van der Waals surface area contributed by atoms with Crippen LogP contribution in [-0.2, 0) is 6.54 Å². The fourth-order valence-corrected chi connectivity index (χ4v) is 3.26. The molecule has 1 heterocycles. The van der Waals surface area contributed by atoms with Crippen LogP contribution in [0.3, 0.4) is 0 Å². The predicted octanol–water partition coefficient (Wildman–Crippen LogP) is 4.12. The molecule has 0 spiro atoms. The van der Waals surface area contributed by atoms with Crippen LogP contribution in [0.2, 0.25) is 0 Å². The summed E-state index contributed by atoms with van der Waals surface area (Å²) in [6.07, 6.45) is 4.10. The first-order chi connectivity index (χ1) is 8.83. The first-order valence-electron chi connectivity index (χ1n) is 6.78. The van der Waals surface area contributed by atoms with Crippen LogP contribution in [0.25, 0.3) is 0 Å². The minimum Gasteiger partial charge on any atom is -0.299 e. The van der Waals surface area contributed by atoms with Crippen LogP contribution in [0.4, 0.5) is 5.69 Å². The number of piperidine rings is 1. The molecule has 1 aromatic carbocycles. The van der Waals surface area contributed by atoms with Gasteiger partial charge in [-0.1, -0.05) is 19.4 Å². The quantitative estimate of drug-likeness (QED) is 0.586. The Hall–Kier alpha value is -0.800. The molecule has 2 nitrogen and oxygen atoms in total. The van der Waals surface area contributed by atoms with Gasteiger partial charge in [-0.3, -0.25) is 9.89 Å². The summed E-state index contributed by atoms with van der Waals surface area (Å²) in [4.78, 5) is 7.91. The lowest BCUT2D eigenvalue weighted by Gasteiger charge is -2.26. The van der Waals surface area contributed by atoms with Gasteiger partial charge in [-0.15, -0.1) is 11.8 Å². The maximum atomic E-state index is 4.09. The zero-order valence-electron chi connectivity index (χ0n) is 11.2. The second-order valence-electron chi connectivity index (χ2n) is 4.73. The number of rotatable bonds is 5. The first kappa shape index (κ1) is 13.6. The Morgan fingerprint density at radius 3 is 2.72 bits per heavy atom. The highest BCUT2D eigenvalue weighted by Crippen LogP contribution is 2.30. The molecular weight excluding hydrogens is 240 g/mol. The second-order valence-corrected chi connectivity index (χ2v) is 6.04. The van der Waals surface area contributed by atoms with Gasteiger partial charge in [-0.25, -0.2) is 0 Å². The van der Waals surface area contributed by atoms with Crippen molar-refractivity contribution in [3.63, 3.8) is 0 Å². The van der Waals surface area contributed by atoms with Crippen molar-refractivity contribution >= 4 is 24.2 Å². The van der Waals surface area contributed by atoms with Crippen LogP contribution in [0.15, 0.2) is 28.1 Å². The number of nitrogens with zero attached hydrogens (tertiary/aromatic N) is 2. The van der Waals surface area contributed by atoms with Crippen LogP contribution in [0.1, 0.15) is 31.7 Å². The number of hydrogen-bond donors (Lipinski definition) is 0. The molecule has 0 N–H and O–H groups in total. The summed E-state index contributed by atoms with van der Waals surface area (Å²) in [7, 11) is 0. The molecule has 3 heteroatoms. The zero-order chi connectivity index (χ0) is 12.8. The molecule has 1 saturated heterocycles. The van der Waals surface area contributed by atoms with Crippen molar-refractivity contribution in [1.82, 2.24) is 4.90 Å². The van der Waals surface area contributed by atoms with Crippen molar-refractivity contribution in [2.75, 3.05) is 18.8 Å². The average Bonchev–Trinajstić information content (AvgIpc) is 2.41. The van der Waals surface area contributed by atoms with Gasteiger partial charge >= 0.3 is 0 Å². The van der Waals surface area contributed by atoms with E-state index < -0.39 is 0 Å². The lowest BCUT2D eigenvalue weighted by atomic mass is 10.1. The Morgan fingerprint density at radius 1 is 1.28 bits per heavy atom. The largest absolute Gasteiger partial charge is 0.299 e. The van der Waals surface area contributed by atoms with Gasteiger partial charge < -0.3 is 0 Å². The van der Waals surface area contributed by atoms with E-state index in [1.54, 1.807) is 0 Å². The summed E-state index contributed by atoms with van der Waals surface area (Å²) in [5.41, 5.74) is 2.42. The molecule has 1 aliphatic rings. The van der Waals surface area contributed by atoms with Crippen molar-refractivity contribution in [3.8, 4) is 0 Å². The number of thioether (sulfide) groups is 1. The molecule has 1 fully saturated rings. The molecule has 2 rings (SSSR count). The third-order valence-electron chi connectivity index (χ3n) is 3.35. The summed E-state index contributed by atoms with van der Waals surface area (Å²) < 4.78 is 0. The van der Waals surface area contributed by atoms with Gasteiger partial charge in [0.2, 0.25) is 0 Å². The SMILES string of the molecule is C=Nc1ccc(CN2CCCCC2)cc1SCC. The average molecular weight is 262 g/mol. The molecule has 18 heavy (non-hydrogen) atoms. The van der Waals surface area contributed by atoms with Crippen molar-refractivity contribution in [1.29, 1.82) is 0 Å². The van der Waals surface area contributed by atoms with Gasteiger partial charge in [-0.05, 0) is 56.1 Å². The second kappa shape index (κ2) is 6.95. The molecule has 1 aliphatic heterocycles. The van der Waals surface area contributed by atoms with E-state index in [4.69, 9.17) is 0 Å². The summed E-state index contributed by atoms with van der Waals surface area (Å²) in [6.45, 7) is 9.39. The first-order valence-corrected chi connectivity index (χ1v) is 7.77. The molecular formula is C15H22N2S. The van der Waals surface area contributed by atoms with Crippen molar-refractivity contribution in [2.24, 2.45) is 4.99 Å². The van der Waals surface area contributed by atoms with E-state index in [9.17, 15) is 0 Å². The Kier molecular flexibility index (Phi) is 5.26. The van der Waals surface area contributed by atoms with E-state index in [1.165, 1.54) is 42.8 Å². The predicted molar refractivity (Wildman–Crippen MR) is 81.2 cm³/mol. The highest BCUT2D eigenvalue weighted by atomic mass is 32.2. The minimum atomic E-state index is 1.02. The Labute approximate surface area is 114 Å². The highest BCUT2D eigenvalue weighted by Gasteiger charge is 2.11. The summed E-state index contributed by atoms with van der Waals surface area (Å²) in [5, 5.41) is 0. The van der Waals surface area contributed by atoms with Crippen LogP contribution in [0.5, 0.6) is 0 Å². The Morgan fingerprint density at radius 2 is 2.06 bits per heavy atom. The van der Waals surface area contributed by atoms with Gasteiger partial charge in [0, 0.05) is 11.4 Å². The normalized spacial score (nSPS) is 16.7. The van der Waals surface area contributed by atoms with Crippen molar-refractivity contribution in [3.05, 3.63) is 23.8 Å². The lowest BCUT2D eigenvalue weighted by molar-refractivity contribution is 0.221. The Bertz CT molecular complexity index is 397. The van der Waals surface area contributed by atoms with Gasteiger partial charge in [0.25, 0.3) is 0 Å². The fourth-order valence-electron chi connectivity index (χ4n) is 2.43. The molecule has 0 amide bonds. The third-order valence-corrected chi connectivity index (χ3v) is 4.28. The smallest absolute Gasteiger partial charge is 0.0758 e. The molecule has 98 valence electrons. The van der Waals surface area contributed by atoms with E-state index in [-0.39, 0.29) is 0 Å². The van der Waals surface area contributed by atoms with E-state index in [1.807, 2.05) is 11.8 Å². The monoisotopic (exact) mass is 262 g/mol.